The fraction of sp³-hybridized carbons (Fsp3) is 0.400. The fourth-order valence-electron chi connectivity index (χ4n) is 2.83. The molecule has 0 unspecified atom stereocenters. The summed E-state index contributed by atoms with van der Waals surface area (Å²) in [5.74, 6) is -0.249. The highest BCUT2D eigenvalue weighted by Gasteiger charge is 2.21. The molecule has 6 nitrogen and oxygen atoms in total. The van der Waals surface area contributed by atoms with E-state index in [-0.39, 0.29) is 35.5 Å². The number of carbonyl (C=O) groups excluding carboxylic acids is 2. The SMILES string of the molecule is CCN(CC)S(=O)(=O)c1ccc([C@@H](C)NC(=O)CCC(=O)c2cccs2)cc1. The van der Waals surface area contributed by atoms with Crippen molar-refractivity contribution < 1.29 is 18.0 Å². The number of ketones is 1. The van der Waals surface area contributed by atoms with Gasteiger partial charge >= 0.3 is 0 Å². The van der Waals surface area contributed by atoms with Crippen molar-refractivity contribution in [2.45, 2.75) is 44.6 Å². The molecule has 0 aliphatic heterocycles. The molecule has 28 heavy (non-hydrogen) atoms. The van der Waals surface area contributed by atoms with E-state index in [4.69, 9.17) is 0 Å². The fourth-order valence-corrected chi connectivity index (χ4v) is 4.98. The Bertz CT molecular complexity index is 887. The van der Waals surface area contributed by atoms with Crippen molar-refractivity contribution in [3.63, 3.8) is 0 Å². The van der Waals surface area contributed by atoms with E-state index in [9.17, 15) is 18.0 Å². The van der Waals surface area contributed by atoms with Crippen LogP contribution in [0.2, 0.25) is 0 Å². The van der Waals surface area contributed by atoms with Crippen LogP contribution in [0.5, 0.6) is 0 Å². The topological polar surface area (TPSA) is 83.6 Å². The van der Waals surface area contributed by atoms with Crippen LogP contribution in [0.4, 0.5) is 0 Å². The van der Waals surface area contributed by atoms with Crippen molar-refractivity contribution >= 4 is 33.1 Å². The first-order valence-corrected chi connectivity index (χ1v) is 11.6. The van der Waals surface area contributed by atoms with Crippen molar-refractivity contribution in [3.05, 3.63) is 52.2 Å². The smallest absolute Gasteiger partial charge is 0.243 e. The number of thiophene rings is 1. The summed E-state index contributed by atoms with van der Waals surface area (Å²) >= 11 is 1.37. The van der Waals surface area contributed by atoms with Gasteiger partial charge < -0.3 is 5.32 Å². The number of carbonyl (C=O) groups is 2. The third kappa shape index (κ3) is 5.50. The third-order valence-corrected chi connectivity index (χ3v) is 7.45. The van der Waals surface area contributed by atoms with Gasteiger partial charge in [0.15, 0.2) is 5.78 Å². The maximum absolute atomic E-state index is 12.5. The average Bonchev–Trinajstić information content (AvgIpc) is 3.22. The van der Waals surface area contributed by atoms with Crippen LogP contribution in [-0.4, -0.2) is 37.5 Å². The van der Waals surface area contributed by atoms with Gasteiger partial charge in [0.2, 0.25) is 15.9 Å². The molecule has 0 saturated heterocycles. The number of amides is 1. The van der Waals surface area contributed by atoms with Crippen molar-refractivity contribution in [3.8, 4) is 0 Å². The standard InChI is InChI=1S/C20H26N2O4S2/c1-4-22(5-2)28(25,26)17-10-8-16(9-11-17)15(3)21-20(24)13-12-18(23)19-7-6-14-27-19/h6-11,14-15H,4-5,12-13H2,1-3H3,(H,21,24)/t15-/m1/s1. The van der Waals surface area contributed by atoms with E-state index >= 15 is 0 Å². The highest BCUT2D eigenvalue weighted by Crippen LogP contribution is 2.20. The van der Waals surface area contributed by atoms with Crippen LogP contribution in [0, 0.1) is 0 Å². The van der Waals surface area contributed by atoms with Crippen LogP contribution in [0.25, 0.3) is 0 Å². The molecule has 1 atom stereocenters. The average molecular weight is 423 g/mol. The first kappa shape index (κ1) is 22.3. The van der Waals surface area contributed by atoms with Crippen LogP contribution < -0.4 is 5.32 Å². The third-order valence-electron chi connectivity index (χ3n) is 4.48. The van der Waals surface area contributed by atoms with Crippen LogP contribution in [0.15, 0.2) is 46.7 Å². The molecule has 0 saturated carbocycles. The van der Waals surface area contributed by atoms with Crippen molar-refractivity contribution in [1.82, 2.24) is 9.62 Å². The van der Waals surface area contributed by atoms with Gasteiger partial charge in [-0.2, -0.15) is 4.31 Å². The highest BCUT2D eigenvalue weighted by molar-refractivity contribution is 7.89. The van der Waals surface area contributed by atoms with Gasteiger partial charge in [0.1, 0.15) is 0 Å². The summed E-state index contributed by atoms with van der Waals surface area (Å²) in [7, 11) is -3.50. The molecule has 0 aliphatic rings. The quantitative estimate of drug-likeness (QED) is 0.593. The lowest BCUT2D eigenvalue weighted by Gasteiger charge is -2.19. The Morgan fingerprint density at radius 1 is 1.07 bits per heavy atom. The van der Waals surface area contributed by atoms with E-state index in [1.165, 1.54) is 15.6 Å². The molecule has 0 spiro atoms. The number of sulfonamides is 1. The Morgan fingerprint density at radius 2 is 1.71 bits per heavy atom. The lowest BCUT2D eigenvalue weighted by Crippen LogP contribution is -2.30. The van der Waals surface area contributed by atoms with Crippen LogP contribution in [0.1, 0.15) is 54.9 Å². The second kappa shape index (κ2) is 9.95. The number of hydrogen-bond donors (Lipinski definition) is 1. The molecule has 0 fully saturated rings. The molecule has 1 aromatic heterocycles. The van der Waals surface area contributed by atoms with E-state index in [1.54, 1.807) is 44.2 Å². The van der Waals surface area contributed by atoms with E-state index < -0.39 is 10.0 Å². The molecule has 1 amide bonds. The zero-order chi connectivity index (χ0) is 20.7. The highest BCUT2D eigenvalue weighted by atomic mass is 32.2. The van der Waals surface area contributed by atoms with Crippen LogP contribution >= 0.6 is 11.3 Å². The molecule has 0 aliphatic carbocycles. The minimum Gasteiger partial charge on any atom is -0.350 e. The summed E-state index contributed by atoms with van der Waals surface area (Å²) in [6.45, 7) is 6.26. The molecule has 1 N–H and O–H groups in total. The van der Waals surface area contributed by atoms with Gasteiger partial charge in [-0.05, 0) is 36.1 Å². The summed E-state index contributed by atoms with van der Waals surface area (Å²) in [6, 6.07) is 9.81. The summed E-state index contributed by atoms with van der Waals surface area (Å²) in [6.07, 6.45) is 0.287. The van der Waals surface area contributed by atoms with E-state index in [2.05, 4.69) is 5.32 Å². The maximum atomic E-state index is 12.5. The minimum atomic E-state index is -3.50. The normalized spacial score (nSPS) is 12.7. The monoisotopic (exact) mass is 422 g/mol. The Kier molecular flexibility index (Phi) is 7.91. The summed E-state index contributed by atoms with van der Waals surface area (Å²) < 4.78 is 26.5. The largest absolute Gasteiger partial charge is 0.350 e. The number of benzene rings is 1. The predicted molar refractivity (Wildman–Crippen MR) is 111 cm³/mol. The number of rotatable bonds is 10. The van der Waals surface area contributed by atoms with Crippen LogP contribution in [-0.2, 0) is 14.8 Å². The Morgan fingerprint density at radius 3 is 2.25 bits per heavy atom. The van der Waals surface area contributed by atoms with Gasteiger partial charge in [0.25, 0.3) is 0 Å². The van der Waals surface area contributed by atoms with Gasteiger partial charge in [0, 0.05) is 25.9 Å². The molecule has 0 radical (unpaired) electrons. The first-order valence-electron chi connectivity index (χ1n) is 9.25. The molecule has 2 aromatic rings. The Balaban J connectivity index is 1.94. The number of nitrogens with one attached hydrogen (secondary N) is 1. The predicted octanol–water partition coefficient (Wildman–Crippen LogP) is 3.62. The van der Waals surface area contributed by atoms with Crippen molar-refractivity contribution in [2.24, 2.45) is 0 Å². The Labute approximate surface area is 170 Å². The number of hydrogen-bond acceptors (Lipinski definition) is 5. The minimum absolute atomic E-state index is 0.0382. The van der Waals surface area contributed by atoms with E-state index in [0.717, 1.165) is 5.56 Å². The maximum Gasteiger partial charge on any atom is 0.243 e. The van der Waals surface area contributed by atoms with Crippen molar-refractivity contribution in [2.75, 3.05) is 13.1 Å². The lowest BCUT2D eigenvalue weighted by molar-refractivity contribution is -0.121. The van der Waals surface area contributed by atoms with Gasteiger partial charge in [-0.15, -0.1) is 11.3 Å². The Hall–Kier alpha value is -2.03. The molecule has 152 valence electrons. The summed E-state index contributed by atoms with van der Waals surface area (Å²) in [4.78, 5) is 25.0. The molecule has 2 rings (SSSR count). The zero-order valence-electron chi connectivity index (χ0n) is 16.3. The van der Waals surface area contributed by atoms with E-state index in [1.807, 2.05) is 18.4 Å². The lowest BCUT2D eigenvalue weighted by atomic mass is 10.1. The zero-order valence-corrected chi connectivity index (χ0v) is 18.0. The van der Waals surface area contributed by atoms with Gasteiger partial charge in [0.05, 0.1) is 15.8 Å². The molecule has 8 heteroatoms. The second-order valence-electron chi connectivity index (χ2n) is 6.35. The summed E-state index contributed by atoms with van der Waals surface area (Å²) in [5.41, 5.74) is 0.802. The first-order chi connectivity index (χ1) is 13.3. The number of nitrogens with zero attached hydrogens (tertiary/aromatic N) is 1. The molecular formula is C20H26N2O4S2. The van der Waals surface area contributed by atoms with Gasteiger partial charge in [-0.1, -0.05) is 32.0 Å². The van der Waals surface area contributed by atoms with E-state index in [0.29, 0.717) is 18.0 Å². The second-order valence-corrected chi connectivity index (χ2v) is 9.23. The van der Waals surface area contributed by atoms with Gasteiger partial charge in [-0.25, -0.2) is 8.42 Å². The van der Waals surface area contributed by atoms with Crippen LogP contribution in [0.3, 0.4) is 0 Å². The molecule has 1 aromatic carbocycles. The number of Topliss-reactive ketones (excluding diaryl/α,β-unsaturated/α-hetero) is 1. The molecule has 0 bridgehead atoms. The van der Waals surface area contributed by atoms with Gasteiger partial charge in [-0.3, -0.25) is 9.59 Å². The molecule has 1 heterocycles. The summed E-state index contributed by atoms with van der Waals surface area (Å²) in [5, 5.41) is 4.69. The molecular weight excluding hydrogens is 396 g/mol. The van der Waals surface area contributed by atoms with Crippen molar-refractivity contribution in [1.29, 1.82) is 0 Å².